The third-order valence-electron chi connectivity index (χ3n) is 5.69. The van der Waals surface area contributed by atoms with Crippen LogP contribution in [0.4, 0.5) is 0 Å². The van der Waals surface area contributed by atoms with E-state index in [1.165, 1.54) is 0 Å². The smallest absolute Gasteiger partial charge is 0.249 e. The fraction of sp³-hybridized carbons (Fsp3) is 0.0370. The van der Waals surface area contributed by atoms with Crippen molar-refractivity contribution in [2.24, 2.45) is 5.73 Å². The summed E-state index contributed by atoms with van der Waals surface area (Å²) >= 11 is 0. The summed E-state index contributed by atoms with van der Waals surface area (Å²) in [7, 11) is 0. The lowest BCUT2D eigenvalue weighted by molar-refractivity contribution is 0.1000. The third kappa shape index (κ3) is 3.19. The maximum Gasteiger partial charge on any atom is 0.249 e. The van der Waals surface area contributed by atoms with Gasteiger partial charge in [-0.25, -0.2) is 0 Å². The van der Waals surface area contributed by atoms with Gasteiger partial charge in [-0.3, -0.25) is 9.59 Å². The summed E-state index contributed by atoms with van der Waals surface area (Å²) in [6.45, 7) is 0.501. The zero-order chi connectivity index (χ0) is 21.4. The largest absolute Gasteiger partial charge is 0.366 e. The van der Waals surface area contributed by atoms with Gasteiger partial charge in [-0.05, 0) is 23.8 Å². The quantitative estimate of drug-likeness (QED) is 0.411. The van der Waals surface area contributed by atoms with E-state index < -0.39 is 5.91 Å². The molecule has 4 nitrogen and oxygen atoms in total. The van der Waals surface area contributed by atoms with Crippen molar-refractivity contribution in [1.82, 2.24) is 4.57 Å². The Bertz CT molecular complexity index is 1450. The first-order valence-corrected chi connectivity index (χ1v) is 10.1. The van der Waals surface area contributed by atoms with Crippen LogP contribution in [0.3, 0.4) is 0 Å². The number of nitrogens with zero attached hydrogens (tertiary/aromatic N) is 1. The number of hydrogen-bond acceptors (Lipinski definition) is 2. The van der Waals surface area contributed by atoms with E-state index in [4.69, 9.17) is 5.73 Å². The molecule has 0 saturated heterocycles. The predicted molar refractivity (Wildman–Crippen MR) is 123 cm³/mol. The van der Waals surface area contributed by atoms with Crippen molar-refractivity contribution >= 4 is 33.5 Å². The highest BCUT2D eigenvalue weighted by Crippen LogP contribution is 2.32. The topological polar surface area (TPSA) is 65.1 Å². The lowest BCUT2D eigenvalue weighted by Crippen LogP contribution is -2.11. The molecule has 0 fully saturated rings. The van der Waals surface area contributed by atoms with Crippen molar-refractivity contribution in [1.29, 1.82) is 0 Å². The van der Waals surface area contributed by atoms with Crippen molar-refractivity contribution < 1.29 is 9.59 Å². The number of carbonyl (C=O) groups excluding carboxylic acids is 2. The number of aromatic nitrogens is 1. The Morgan fingerprint density at radius 3 is 2.13 bits per heavy atom. The number of carbonyl (C=O) groups is 2. The van der Waals surface area contributed by atoms with Crippen LogP contribution in [-0.4, -0.2) is 16.3 Å². The second-order valence-corrected chi connectivity index (χ2v) is 7.52. The SMILES string of the molecule is NC(=O)c1cccc2c1c1ccccc1n2Cc1ccccc1C(=O)c1ccccc1. The van der Waals surface area contributed by atoms with E-state index in [0.29, 0.717) is 23.2 Å². The van der Waals surface area contributed by atoms with Crippen molar-refractivity contribution in [2.45, 2.75) is 6.54 Å². The second kappa shape index (κ2) is 7.58. The summed E-state index contributed by atoms with van der Waals surface area (Å²) in [5.74, 6) is -0.456. The van der Waals surface area contributed by atoms with E-state index in [1.807, 2.05) is 91.0 Å². The molecule has 0 radical (unpaired) electrons. The Labute approximate surface area is 179 Å². The van der Waals surface area contributed by atoms with Crippen LogP contribution < -0.4 is 5.73 Å². The van der Waals surface area contributed by atoms with Gasteiger partial charge in [0.15, 0.2) is 5.78 Å². The summed E-state index contributed by atoms with van der Waals surface area (Å²) < 4.78 is 2.15. The van der Waals surface area contributed by atoms with Crippen molar-refractivity contribution in [3.8, 4) is 0 Å². The van der Waals surface area contributed by atoms with E-state index >= 15 is 0 Å². The number of amides is 1. The maximum atomic E-state index is 13.2. The molecule has 2 N–H and O–H groups in total. The van der Waals surface area contributed by atoms with Gasteiger partial charge in [0.25, 0.3) is 0 Å². The van der Waals surface area contributed by atoms with Crippen molar-refractivity contribution in [2.75, 3.05) is 0 Å². The molecule has 0 aliphatic rings. The first-order chi connectivity index (χ1) is 15.1. The molecule has 4 heteroatoms. The Morgan fingerprint density at radius 2 is 1.32 bits per heavy atom. The minimum absolute atomic E-state index is 0.00482. The predicted octanol–water partition coefficient (Wildman–Crippen LogP) is 5.17. The fourth-order valence-corrected chi connectivity index (χ4v) is 4.27. The highest BCUT2D eigenvalue weighted by atomic mass is 16.1. The summed E-state index contributed by atoms with van der Waals surface area (Å²) in [5.41, 5.74) is 10.3. The van der Waals surface area contributed by atoms with Crippen molar-refractivity contribution in [3.05, 3.63) is 119 Å². The molecule has 0 bridgehead atoms. The molecule has 5 aromatic rings. The molecule has 0 aliphatic heterocycles. The fourth-order valence-electron chi connectivity index (χ4n) is 4.27. The van der Waals surface area contributed by atoms with Gasteiger partial charge in [-0.15, -0.1) is 0 Å². The summed E-state index contributed by atoms with van der Waals surface area (Å²) in [5, 5.41) is 1.82. The van der Waals surface area contributed by atoms with Gasteiger partial charge in [-0.1, -0.05) is 78.9 Å². The van der Waals surface area contributed by atoms with Crippen molar-refractivity contribution in [3.63, 3.8) is 0 Å². The zero-order valence-electron chi connectivity index (χ0n) is 16.8. The Hall–Kier alpha value is -4.18. The Morgan fingerprint density at radius 1 is 0.677 bits per heavy atom. The molecule has 1 heterocycles. The van der Waals surface area contributed by atoms with Gasteiger partial charge in [0.2, 0.25) is 5.91 Å². The first-order valence-electron chi connectivity index (χ1n) is 10.1. The molecular weight excluding hydrogens is 384 g/mol. The van der Waals surface area contributed by atoms with E-state index in [2.05, 4.69) is 4.57 Å². The number of fused-ring (bicyclic) bond motifs is 3. The summed E-state index contributed by atoms with van der Waals surface area (Å²) in [4.78, 5) is 25.3. The van der Waals surface area contributed by atoms with E-state index in [9.17, 15) is 9.59 Å². The molecule has 1 aromatic heterocycles. The van der Waals surface area contributed by atoms with E-state index in [-0.39, 0.29) is 5.78 Å². The van der Waals surface area contributed by atoms with Gasteiger partial charge >= 0.3 is 0 Å². The van der Waals surface area contributed by atoms with Gasteiger partial charge in [-0.2, -0.15) is 0 Å². The standard InChI is InChI=1S/C27H20N2O2/c28-27(31)22-14-8-16-24-25(22)21-13-6-7-15-23(21)29(24)17-19-11-4-5-12-20(19)26(30)18-9-2-1-3-10-18/h1-16H,17H2,(H2,28,31). The molecule has 31 heavy (non-hydrogen) atoms. The first kappa shape index (κ1) is 18.8. The summed E-state index contributed by atoms with van der Waals surface area (Å²) in [6, 6.07) is 30.5. The molecule has 0 unspecified atom stereocenters. The normalized spacial score (nSPS) is 11.1. The highest BCUT2D eigenvalue weighted by Gasteiger charge is 2.18. The number of benzene rings is 4. The highest BCUT2D eigenvalue weighted by molar-refractivity contribution is 6.18. The van der Waals surface area contributed by atoms with E-state index in [1.54, 1.807) is 6.07 Å². The number of primary amides is 1. The Balaban J connectivity index is 1.70. The number of nitrogens with two attached hydrogens (primary N) is 1. The van der Waals surface area contributed by atoms with Crippen LogP contribution in [0.1, 0.15) is 31.8 Å². The molecule has 5 rings (SSSR count). The van der Waals surface area contributed by atoms with Gasteiger partial charge in [0.05, 0.1) is 5.52 Å². The molecule has 4 aromatic carbocycles. The zero-order valence-corrected chi connectivity index (χ0v) is 16.8. The van der Waals surface area contributed by atoms with Crippen LogP contribution in [0, 0.1) is 0 Å². The third-order valence-corrected chi connectivity index (χ3v) is 5.69. The molecular formula is C27H20N2O2. The monoisotopic (exact) mass is 404 g/mol. The van der Waals surface area contributed by atoms with Crippen LogP contribution in [0.25, 0.3) is 21.8 Å². The minimum Gasteiger partial charge on any atom is -0.366 e. The average molecular weight is 404 g/mol. The van der Waals surface area contributed by atoms with Gasteiger partial charge < -0.3 is 10.3 Å². The van der Waals surface area contributed by atoms with Crippen LogP contribution in [0.15, 0.2) is 97.1 Å². The second-order valence-electron chi connectivity index (χ2n) is 7.52. The number of rotatable bonds is 5. The lowest BCUT2D eigenvalue weighted by Gasteiger charge is -2.12. The number of para-hydroxylation sites is 1. The number of ketones is 1. The Kier molecular flexibility index (Phi) is 4.60. The van der Waals surface area contributed by atoms with Gasteiger partial charge in [0.1, 0.15) is 0 Å². The molecule has 0 atom stereocenters. The summed E-state index contributed by atoms with van der Waals surface area (Å²) in [6.07, 6.45) is 0. The molecule has 150 valence electrons. The lowest BCUT2D eigenvalue weighted by atomic mass is 9.98. The molecule has 1 amide bonds. The maximum absolute atomic E-state index is 13.2. The van der Waals surface area contributed by atoms with E-state index in [0.717, 1.165) is 27.4 Å². The minimum atomic E-state index is -0.451. The average Bonchev–Trinajstić information content (AvgIpc) is 3.13. The van der Waals surface area contributed by atoms with Crippen LogP contribution in [0.2, 0.25) is 0 Å². The van der Waals surface area contributed by atoms with Crippen LogP contribution in [-0.2, 0) is 6.54 Å². The molecule has 0 saturated carbocycles. The van der Waals surface area contributed by atoms with Gasteiger partial charge in [0, 0.05) is 39.5 Å². The molecule has 0 aliphatic carbocycles. The van der Waals surface area contributed by atoms with Crippen LogP contribution >= 0.6 is 0 Å². The number of hydrogen-bond donors (Lipinski definition) is 1. The molecule has 0 spiro atoms. The van der Waals surface area contributed by atoms with Crippen LogP contribution in [0.5, 0.6) is 0 Å².